The molecule has 0 bridgehead atoms. The maximum absolute atomic E-state index is 10.6. The zero-order chi connectivity index (χ0) is 17.7. The number of hydrogen-bond donors (Lipinski definition) is 2. The summed E-state index contributed by atoms with van der Waals surface area (Å²) in [6.07, 6.45) is 6.58. The minimum absolute atomic E-state index is 0. The van der Waals surface area contributed by atoms with Gasteiger partial charge in [-0.05, 0) is 78.6 Å². The van der Waals surface area contributed by atoms with Crippen LogP contribution in [0.4, 0.5) is 0 Å². The van der Waals surface area contributed by atoms with Crippen molar-refractivity contribution in [2.24, 2.45) is 0 Å². The second-order valence-electron chi connectivity index (χ2n) is 7.02. The van der Waals surface area contributed by atoms with Gasteiger partial charge in [0.05, 0.1) is 5.60 Å². The molecule has 0 amide bonds. The Bertz CT molecular complexity index is 805. The lowest BCUT2D eigenvalue weighted by atomic mass is 9.92. The molecule has 140 valence electrons. The summed E-state index contributed by atoms with van der Waals surface area (Å²) in [4.78, 5) is 4.15. The lowest BCUT2D eigenvalue weighted by molar-refractivity contribution is 0.0448. The quantitative estimate of drug-likeness (QED) is 0.550. The Kier molecular flexibility index (Phi) is 7.59. The van der Waals surface area contributed by atoms with Crippen molar-refractivity contribution in [2.75, 3.05) is 0 Å². The molecular weight excluding hydrogens is 364 g/mol. The maximum Gasteiger partial charge on any atom is 0.0876 e. The minimum atomic E-state index is -0.716. The second kappa shape index (κ2) is 9.47. The van der Waals surface area contributed by atoms with Crippen molar-refractivity contribution in [3.63, 3.8) is 0 Å². The van der Waals surface area contributed by atoms with Gasteiger partial charge in [0.1, 0.15) is 0 Å². The number of benzene rings is 1. The van der Waals surface area contributed by atoms with Gasteiger partial charge in [-0.15, -0.1) is 12.4 Å². The molecule has 0 radical (unpaired) electrons. The maximum atomic E-state index is 10.6. The van der Waals surface area contributed by atoms with E-state index in [-0.39, 0.29) is 12.4 Å². The number of hydrogen-bond acceptors (Lipinski definition) is 4. The first-order valence-electron chi connectivity index (χ1n) is 8.86. The Morgan fingerprint density at radius 1 is 1.23 bits per heavy atom. The Morgan fingerprint density at radius 2 is 2.08 bits per heavy atom. The number of nitrogens with zero attached hydrogens (tertiary/aromatic N) is 1. The molecular formula is C21H27ClN2OS. The van der Waals surface area contributed by atoms with Crippen molar-refractivity contribution in [1.82, 2.24) is 10.3 Å². The summed E-state index contributed by atoms with van der Waals surface area (Å²) in [6.45, 7) is 4.99. The zero-order valence-electron chi connectivity index (χ0n) is 15.3. The minimum Gasteiger partial charge on any atom is -0.385 e. The molecule has 0 saturated carbocycles. The highest BCUT2D eigenvalue weighted by molar-refractivity contribution is 7.08. The van der Waals surface area contributed by atoms with E-state index >= 15 is 0 Å². The molecule has 0 fully saturated rings. The van der Waals surface area contributed by atoms with E-state index in [0.29, 0.717) is 6.04 Å². The highest BCUT2D eigenvalue weighted by Crippen LogP contribution is 2.28. The molecule has 0 aliphatic rings. The average molecular weight is 391 g/mol. The van der Waals surface area contributed by atoms with Crippen LogP contribution in [0.2, 0.25) is 0 Å². The summed E-state index contributed by atoms with van der Waals surface area (Å²) < 4.78 is 0. The normalized spacial score (nSPS) is 14.6. The predicted molar refractivity (Wildman–Crippen MR) is 113 cm³/mol. The molecule has 2 heterocycles. The van der Waals surface area contributed by atoms with E-state index in [4.69, 9.17) is 0 Å². The van der Waals surface area contributed by atoms with Gasteiger partial charge < -0.3 is 10.4 Å². The standard InChI is InChI=1S/C21H26N2OS.ClH/c1-16(4-3-9-21(2,24)20-8-11-25-15-20)23-13-17-5-6-19-14-22-10-7-18(19)12-17;/h5-8,10-12,14-16,23-24H,3-4,9,13H2,1-2H3;1H/t16-,21?;/m1./s1. The van der Waals surface area contributed by atoms with Gasteiger partial charge in [-0.3, -0.25) is 4.98 Å². The summed E-state index contributed by atoms with van der Waals surface area (Å²) in [7, 11) is 0. The van der Waals surface area contributed by atoms with Crippen LogP contribution in [0.3, 0.4) is 0 Å². The van der Waals surface area contributed by atoms with Crippen molar-refractivity contribution < 1.29 is 5.11 Å². The molecule has 2 N–H and O–H groups in total. The van der Waals surface area contributed by atoms with Gasteiger partial charge in [0, 0.05) is 30.4 Å². The molecule has 2 atom stereocenters. The fraction of sp³-hybridized carbons (Fsp3) is 0.381. The third kappa shape index (κ3) is 5.52. The number of pyridine rings is 1. The SMILES string of the molecule is C[C@H](CCCC(C)(O)c1ccsc1)NCc1ccc2cnccc2c1.Cl. The number of rotatable bonds is 8. The summed E-state index contributed by atoms with van der Waals surface area (Å²) in [6, 6.07) is 11.0. The Morgan fingerprint density at radius 3 is 2.85 bits per heavy atom. The molecule has 1 aromatic carbocycles. The van der Waals surface area contributed by atoms with Crippen LogP contribution in [0.5, 0.6) is 0 Å². The highest BCUT2D eigenvalue weighted by atomic mass is 35.5. The smallest absolute Gasteiger partial charge is 0.0876 e. The third-order valence-corrected chi connectivity index (χ3v) is 5.49. The van der Waals surface area contributed by atoms with E-state index in [1.54, 1.807) is 11.3 Å². The van der Waals surface area contributed by atoms with Crippen LogP contribution in [0, 0.1) is 0 Å². The van der Waals surface area contributed by atoms with Gasteiger partial charge in [-0.1, -0.05) is 12.1 Å². The van der Waals surface area contributed by atoms with E-state index < -0.39 is 5.60 Å². The van der Waals surface area contributed by atoms with Gasteiger partial charge in [-0.2, -0.15) is 11.3 Å². The van der Waals surface area contributed by atoms with E-state index in [2.05, 4.69) is 41.5 Å². The van der Waals surface area contributed by atoms with E-state index in [0.717, 1.165) is 31.4 Å². The first-order chi connectivity index (χ1) is 12.0. The molecule has 3 rings (SSSR count). The van der Waals surface area contributed by atoms with Crippen LogP contribution < -0.4 is 5.32 Å². The molecule has 0 saturated heterocycles. The average Bonchev–Trinajstić information content (AvgIpc) is 3.15. The molecule has 0 spiro atoms. The summed E-state index contributed by atoms with van der Waals surface area (Å²) in [5.74, 6) is 0. The zero-order valence-corrected chi connectivity index (χ0v) is 16.9. The van der Waals surface area contributed by atoms with Gasteiger partial charge in [0.15, 0.2) is 0 Å². The molecule has 0 aliphatic carbocycles. The second-order valence-corrected chi connectivity index (χ2v) is 7.80. The number of aliphatic hydroxyl groups is 1. The molecule has 3 nitrogen and oxygen atoms in total. The van der Waals surface area contributed by atoms with Gasteiger partial charge in [0.25, 0.3) is 0 Å². The van der Waals surface area contributed by atoms with Crippen molar-refractivity contribution >= 4 is 34.5 Å². The number of fused-ring (bicyclic) bond motifs is 1. The summed E-state index contributed by atoms with van der Waals surface area (Å²) in [5, 5.41) is 20.6. The van der Waals surface area contributed by atoms with Crippen LogP contribution in [0.15, 0.2) is 53.5 Å². The number of nitrogens with one attached hydrogen (secondary N) is 1. The van der Waals surface area contributed by atoms with Gasteiger partial charge in [-0.25, -0.2) is 0 Å². The molecule has 3 aromatic rings. The summed E-state index contributed by atoms with van der Waals surface area (Å²) in [5.41, 5.74) is 1.60. The van der Waals surface area contributed by atoms with Crippen LogP contribution >= 0.6 is 23.7 Å². The van der Waals surface area contributed by atoms with Crippen molar-refractivity contribution in [1.29, 1.82) is 0 Å². The largest absolute Gasteiger partial charge is 0.385 e. The molecule has 2 aromatic heterocycles. The van der Waals surface area contributed by atoms with Crippen molar-refractivity contribution in [3.05, 3.63) is 64.6 Å². The van der Waals surface area contributed by atoms with Crippen LogP contribution in [-0.2, 0) is 12.1 Å². The Balaban J connectivity index is 0.00000243. The Labute approximate surface area is 165 Å². The number of aromatic nitrogens is 1. The number of halogens is 1. The number of thiophene rings is 1. The first-order valence-corrected chi connectivity index (χ1v) is 9.80. The monoisotopic (exact) mass is 390 g/mol. The fourth-order valence-electron chi connectivity index (χ4n) is 3.10. The van der Waals surface area contributed by atoms with Gasteiger partial charge >= 0.3 is 0 Å². The van der Waals surface area contributed by atoms with E-state index in [1.807, 2.05) is 36.1 Å². The van der Waals surface area contributed by atoms with E-state index in [9.17, 15) is 5.11 Å². The van der Waals surface area contributed by atoms with E-state index in [1.165, 1.54) is 16.3 Å². The highest BCUT2D eigenvalue weighted by Gasteiger charge is 2.22. The lowest BCUT2D eigenvalue weighted by Gasteiger charge is -2.23. The van der Waals surface area contributed by atoms with Crippen molar-refractivity contribution in [3.8, 4) is 0 Å². The molecule has 5 heteroatoms. The van der Waals surface area contributed by atoms with Crippen molar-refractivity contribution in [2.45, 2.75) is 51.3 Å². The Hall–Kier alpha value is -1.46. The van der Waals surface area contributed by atoms with Crippen LogP contribution in [0.1, 0.15) is 44.2 Å². The van der Waals surface area contributed by atoms with Crippen LogP contribution in [-0.4, -0.2) is 16.1 Å². The molecule has 1 unspecified atom stereocenters. The molecule has 0 aliphatic heterocycles. The molecule has 26 heavy (non-hydrogen) atoms. The lowest BCUT2D eigenvalue weighted by Crippen LogP contribution is -2.27. The topological polar surface area (TPSA) is 45.1 Å². The van der Waals surface area contributed by atoms with Crippen LogP contribution in [0.25, 0.3) is 10.8 Å². The first kappa shape index (κ1) is 20.8. The summed E-state index contributed by atoms with van der Waals surface area (Å²) >= 11 is 1.64. The fourth-order valence-corrected chi connectivity index (χ4v) is 3.89. The van der Waals surface area contributed by atoms with Gasteiger partial charge in [0.2, 0.25) is 0 Å². The third-order valence-electron chi connectivity index (χ3n) is 4.80. The predicted octanol–water partition coefficient (Wildman–Crippen LogP) is 5.27.